The van der Waals surface area contributed by atoms with E-state index in [9.17, 15) is 4.79 Å². The summed E-state index contributed by atoms with van der Waals surface area (Å²) in [6, 6.07) is 0. The highest BCUT2D eigenvalue weighted by Crippen LogP contribution is 2.24. The number of hydrogen-bond acceptors (Lipinski definition) is 1. The van der Waals surface area contributed by atoms with Gasteiger partial charge in [0.15, 0.2) is 0 Å². The van der Waals surface area contributed by atoms with Crippen LogP contribution in [0.4, 0.5) is 0 Å². The molecule has 0 amide bonds. The van der Waals surface area contributed by atoms with E-state index in [0.29, 0.717) is 0 Å². The third kappa shape index (κ3) is 1.98. The van der Waals surface area contributed by atoms with Crippen molar-refractivity contribution in [2.45, 2.75) is 33.6 Å². The van der Waals surface area contributed by atoms with E-state index in [1.807, 2.05) is 6.92 Å². The van der Waals surface area contributed by atoms with Crippen LogP contribution in [0.25, 0.3) is 0 Å². The molecule has 1 heteroatoms. The maximum Gasteiger partial charge on any atom is 0.139 e. The molecular weight excluding hydrogens is 124 g/mol. The van der Waals surface area contributed by atoms with Crippen molar-refractivity contribution in [3.8, 4) is 0 Å². The van der Waals surface area contributed by atoms with Gasteiger partial charge in [-0.2, -0.15) is 0 Å². The van der Waals surface area contributed by atoms with Crippen LogP contribution in [0.1, 0.15) is 33.6 Å². The molecule has 1 atom stereocenters. The number of carbonyl (C=O) groups is 1. The summed E-state index contributed by atoms with van der Waals surface area (Å²) in [5.74, 6) is 0.212. The number of ketones is 1. The van der Waals surface area contributed by atoms with Crippen LogP contribution in [0.2, 0.25) is 0 Å². The molecule has 0 aliphatic heterocycles. The smallest absolute Gasteiger partial charge is 0.139 e. The van der Waals surface area contributed by atoms with Crippen LogP contribution >= 0.6 is 0 Å². The Bertz CT molecular complexity index is 138. The van der Waals surface area contributed by atoms with Gasteiger partial charge in [-0.1, -0.05) is 19.4 Å². The zero-order valence-corrected chi connectivity index (χ0v) is 7.11. The molecule has 10 heavy (non-hydrogen) atoms. The predicted octanol–water partition coefficient (Wildman–Crippen LogP) is 2.57. The van der Waals surface area contributed by atoms with Gasteiger partial charge in [-0.25, -0.2) is 0 Å². The standard InChI is InChI=1S/C9H16O/c1-5-7-9(4,6-2)8(3)10/h6H,2,5,7H2,1,3-4H3. The van der Waals surface area contributed by atoms with Crippen LogP contribution in [0.15, 0.2) is 12.7 Å². The third-order valence-corrected chi connectivity index (χ3v) is 2.02. The molecule has 0 radical (unpaired) electrons. The first-order valence-corrected chi connectivity index (χ1v) is 3.71. The lowest BCUT2D eigenvalue weighted by Gasteiger charge is -2.20. The van der Waals surface area contributed by atoms with Crippen molar-refractivity contribution in [1.82, 2.24) is 0 Å². The van der Waals surface area contributed by atoms with Gasteiger partial charge in [0.2, 0.25) is 0 Å². The van der Waals surface area contributed by atoms with Crippen LogP contribution in [0.5, 0.6) is 0 Å². The molecule has 0 aromatic rings. The summed E-state index contributed by atoms with van der Waals surface area (Å²) in [4.78, 5) is 11.0. The zero-order valence-electron chi connectivity index (χ0n) is 7.11. The molecule has 1 nitrogen and oxygen atoms in total. The van der Waals surface area contributed by atoms with Crippen molar-refractivity contribution < 1.29 is 4.79 Å². The summed E-state index contributed by atoms with van der Waals surface area (Å²) < 4.78 is 0. The van der Waals surface area contributed by atoms with Gasteiger partial charge in [0.05, 0.1) is 0 Å². The molecule has 0 fully saturated rings. The molecule has 0 aromatic heterocycles. The second-order valence-electron chi connectivity index (χ2n) is 2.93. The van der Waals surface area contributed by atoms with Crippen molar-refractivity contribution in [2.24, 2.45) is 5.41 Å². The van der Waals surface area contributed by atoms with Crippen molar-refractivity contribution in [2.75, 3.05) is 0 Å². The second-order valence-corrected chi connectivity index (χ2v) is 2.93. The fourth-order valence-corrected chi connectivity index (χ4v) is 0.941. The minimum absolute atomic E-state index is 0.212. The molecule has 1 unspecified atom stereocenters. The lowest BCUT2D eigenvalue weighted by molar-refractivity contribution is -0.123. The van der Waals surface area contributed by atoms with Gasteiger partial charge in [-0.3, -0.25) is 4.79 Å². The molecule has 0 heterocycles. The zero-order chi connectivity index (χ0) is 8.20. The Morgan fingerprint density at radius 1 is 1.70 bits per heavy atom. The first-order chi connectivity index (χ1) is 4.56. The second kappa shape index (κ2) is 3.55. The van der Waals surface area contributed by atoms with Crippen molar-refractivity contribution >= 4 is 5.78 Å². The van der Waals surface area contributed by atoms with Crippen LogP contribution in [-0.4, -0.2) is 5.78 Å². The Hall–Kier alpha value is -0.590. The Balaban J connectivity index is 4.22. The molecule has 0 bridgehead atoms. The van der Waals surface area contributed by atoms with Crippen molar-refractivity contribution in [1.29, 1.82) is 0 Å². The Labute approximate surface area is 63.1 Å². The lowest BCUT2D eigenvalue weighted by Crippen LogP contribution is -2.21. The number of carbonyl (C=O) groups excluding carboxylic acids is 1. The quantitative estimate of drug-likeness (QED) is 0.548. The lowest BCUT2D eigenvalue weighted by atomic mass is 9.82. The minimum Gasteiger partial charge on any atom is -0.299 e. The van der Waals surface area contributed by atoms with Crippen LogP contribution in [0.3, 0.4) is 0 Å². The molecule has 0 saturated carbocycles. The third-order valence-electron chi connectivity index (χ3n) is 2.02. The number of Topliss-reactive ketones (excluding diaryl/α,β-unsaturated/α-hetero) is 1. The Kier molecular flexibility index (Phi) is 3.34. The number of hydrogen-bond donors (Lipinski definition) is 0. The van der Waals surface area contributed by atoms with Crippen LogP contribution in [-0.2, 0) is 4.79 Å². The molecule has 0 aliphatic carbocycles. The van der Waals surface area contributed by atoms with Gasteiger partial charge in [-0.15, -0.1) is 6.58 Å². The number of allylic oxidation sites excluding steroid dienone is 1. The summed E-state index contributed by atoms with van der Waals surface area (Å²) in [7, 11) is 0. The summed E-state index contributed by atoms with van der Waals surface area (Å²) in [5, 5.41) is 0. The SMILES string of the molecule is C=CC(C)(CCC)C(C)=O. The highest BCUT2D eigenvalue weighted by molar-refractivity contribution is 5.83. The topological polar surface area (TPSA) is 17.1 Å². The van der Waals surface area contributed by atoms with E-state index in [4.69, 9.17) is 0 Å². The van der Waals surface area contributed by atoms with E-state index in [1.165, 1.54) is 0 Å². The molecular formula is C9H16O. The van der Waals surface area contributed by atoms with Crippen LogP contribution in [0, 0.1) is 5.41 Å². The van der Waals surface area contributed by atoms with Gasteiger partial charge in [-0.05, 0) is 20.3 Å². The normalized spacial score (nSPS) is 15.9. The molecule has 0 spiro atoms. The minimum atomic E-state index is -0.283. The van der Waals surface area contributed by atoms with E-state index >= 15 is 0 Å². The van der Waals surface area contributed by atoms with Gasteiger partial charge < -0.3 is 0 Å². The molecule has 0 saturated heterocycles. The summed E-state index contributed by atoms with van der Waals surface area (Å²) >= 11 is 0. The number of rotatable bonds is 4. The highest BCUT2D eigenvalue weighted by Gasteiger charge is 2.23. The van der Waals surface area contributed by atoms with Crippen LogP contribution < -0.4 is 0 Å². The average Bonchev–Trinajstić information content (AvgIpc) is 1.88. The molecule has 58 valence electrons. The van der Waals surface area contributed by atoms with E-state index in [1.54, 1.807) is 13.0 Å². The van der Waals surface area contributed by atoms with Gasteiger partial charge >= 0.3 is 0 Å². The summed E-state index contributed by atoms with van der Waals surface area (Å²) in [6.07, 6.45) is 3.69. The molecule has 0 rings (SSSR count). The van der Waals surface area contributed by atoms with Crippen molar-refractivity contribution in [3.05, 3.63) is 12.7 Å². The van der Waals surface area contributed by atoms with E-state index in [2.05, 4.69) is 13.5 Å². The fourth-order valence-electron chi connectivity index (χ4n) is 0.941. The molecule has 0 aliphatic rings. The average molecular weight is 140 g/mol. The highest BCUT2D eigenvalue weighted by atomic mass is 16.1. The molecule has 0 N–H and O–H groups in total. The van der Waals surface area contributed by atoms with Crippen molar-refractivity contribution in [3.63, 3.8) is 0 Å². The molecule has 0 aromatic carbocycles. The van der Waals surface area contributed by atoms with Gasteiger partial charge in [0.25, 0.3) is 0 Å². The maximum atomic E-state index is 11.0. The van der Waals surface area contributed by atoms with Gasteiger partial charge in [0.1, 0.15) is 5.78 Å². The monoisotopic (exact) mass is 140 g/mol. The van der Waals surface area contributed by atoms with Gasteiger partial charge in [0, 0.05) is 5.41 Å². The Morgan fingerprint density at radius 2 is 2.20 bits per heavy atom. The summed E-state index contributed by atoms with van der Waals surface area (Å²) in [5.41, 5.74) is -0.283. The summed E-state index contributed by atoms with van der Waals surface area (Å²) in [6.45, 7) is 9.28. The van der Waals surface area contributed by atoms with E-state index in [0.717, 1.165) is 12.8 Å². The predicted molar refractivity (Wildman–Crippen MR) is 43.9 cm³/mol. The Morgan fingerprint density at radius 3 is 2.30 bits per heavy atom. The fraction of sp³-hybridized carbons (Fsp3) is 0.667. The van der Waals surface area contributed by atoms with E-state index < -0.39 is 0 Å². The largest absolute Gasteiger partial charge is 0.299 e. The maximum absolute atomic E-state index is 11.0. The first-order valence-electron chi connectivity index (χ1n) is 3.71. The van der Waals surface area contributed by atoms with E-state index in [-0.39, 0.29) is 11.2 Å². The first kappa shape index (κ1) is 9.41.